The van der Waals surface area contributed by atoms with Crippen molar-refractivity contribution < 1.29 is 24.2 Å². The van der Waals surface area contributed by atoms with Crippen molar-refractivity contribution in [1.29, 1.82) is 0 Å². The minimum absolute atomic E-state index is 0.0830. The Balaban J connectivity index is 1.58. The van der Waals surface area contributed by atoms with Crippen molar-refractivity contribution in [2.45, 2.75) is 31.4 Å². The van der Waals surface area contributed by atoms with Crippen LogP contribution in [0, 0.1) is 0 Å². The molecule has 0 radical (unpaired) electrons. The zero-order valence-electron chi connectivity index (χ0n) is 14.3. The van der Waals surface area contributed by atoms with Gasteiger partial charge in [-0.25, -0.2) is 4.98 Å². The third-order valence-electron chi connectivity index (χ3n) is 4.03. The van der Waals surface area contributed by atoms with Crippen LogP contribution in [0.15, 0.2) is 30.6 Å². The largest absolute Gasteiger partial charge is 0.480 e. The van der Waals surface area contributed by atoms with Crippen molar-refractivity contribution in [2.75, 3.05) is 10.6 Å². The normalized spacial score (nSPS) is 16.6. The molecule has 0 fully saturated rings. The number of aliphatic carboxylic acids is 1. The predicted molar refractivity (Wildman–Crippen MR) is 95.3 cm³/mol. The summed E-state index contributed by atoms with van der Waals surface area (Å²) >= 11 is 0. The highest BCUT2D eigenvalue weighted by atomic mass is 16.5. The first-order valence-electron chi connectivity index (χ1n) is 8.30. The van der Waals surface area contributed by atoms with E-state index in [1.807, 2.05) is 0 Å². The number of aromatic nitrogens is 2. The molecule has 0 unspecified atom stereocenters. The Morgan fingerprint density at radius 2 is 2.22 bits per heavy atom. The second kappa shape index (κ2) is 7.87. The third kappa shape index (κ3) is 4.61. The maximum atomic E-state index is 12.2. The van der Waals surface area contributed by atoms with Gasteiger partial charge in [-0.1, -0.05) is 6.07 Å². The zero-order valence-corrected chi connectivity index (χ0v) is 14.3. The van der Waals surface area contributed by atoms with Gasteiger partial charge in [0.15, 0.2) is 6.10 Å². The van der Waals surface area contributed by atoms with Crippen LogP contribution in [0.2, 0.25) is 0 Å². The number of hydrogen-bond donors (Lipinski definition) is 5. The number of hydrogen-bond acceptors (Lipinski definition) is 6. The van der Waals surface area contributed by atoms with E-state index in [0.717, 1.165) is 0 Å². The van der Waals surface area contributed by atoms with Crippen LogP contribution in [0.4, 0.5) is 11.6 Å². The van der Waals surface area contributed by atoms with Gasteiger partial charge in [0.05, 0.1) is 5.69 Å². The molecular formula is C17H19N5O5. The monoisotopic (exact) mass is 373 g/mol. The van der Waals surface area contributed by atoms with E-state index in [-0.39, 0.29) is 31.1 Å². The van der Waals surface area contributed by atoms with Crippen molar-refractivity contribution in [1.82, 2.24) is 9.97 Å². The fourth-order valence-electron chi connectivity index (χ4n) is 2.65. The molecule has 1 aliphatic heterocycles. The van der Waals surface area contributed by atoms with Gasteiger partial charge in [0.1, 0.15) is 11.8 Å². The highest BCUT2D eigenvalue weighted by Crippen LogP contribution is 2.31. The van der Waals surface area contributed by atoms with Crippen molar-refractivity contribution >= 4 is 29.4 Å². The van der Waals surface area contributed by atoms with E-state index in [0.29, 0.717) is 22.9 Å². The lowest BCUT2D eigenvalue weighted by molar-refractivity contribution is -0.138. The predicted octanol–water partition coefficient (Wildman–Crippen LogP) is 0.482. The van der Waals surface area contributed by atoms with Gasteiger partial charge in [0.2, 0.25) is 11.9 Å². The van der Waals surface area contributed by atoms with Crippen molar-refractivity contribution in [3.8, 4) is 5.75 Å². The molecule has 1 aromatic carbocycles. The van der Waals surface area contributed by atoms with E-state index in [1.54, 1.807) is 24.4 Å². The average molecular weight is 373 g/mol. The van der Waals surface area contributed by atoms with E-state index < -0.39 is 18.1 Å². The van der Waals surface area contributed by atoms with E-state index >= 15 is 0 Å². The van der Waals surface area contributed by atoms with Gasteiger partial charge in [-0.15, -0.1) is 0 Å². The highest BCUT2D eigenvalue weighted by Gasteiger charge is 2.28. The number of nitrogens with two attached hydrogens (primary N) is 1. The number of benzene rings is 1. The van der Waals surface area contributed by atoms with Gasteiger partial charge in [0, 0.05) is 25.2 Å². The topological polar surface area (TPSA) is 159 Å². The lowest BCUT2D eigenvalue weighted by Gasteiger charge is -2.26. The van der Waals surface area contributed by atoms with Crippen molar-refractivity contribution in [3.63, 3.8) is 0 Å². The summed E-state index contributed by atoms with van der Waals surface area (Å²) in [6.07, 6.45) is 2.72. The number of aromatic amines is 1. The molecule has 3 rings (SSSR count). The average Bonchev–Trinajstić information content (AvgIpc) is 3.12. The smallest absolute Gasteiger partial charge is 0.320 e. The number of fused-ring (bicyclic) bond motifs is 1. The summed E-state index contributed by atoms with van der Waals surface area (Å²) in [5, 5.41) is 14.2. The van der Waals surface area contributed by atoms with Gasteiger partial charge >= 0.3 is 5.97 Å². The van der Waals surface area contributed by atoms with Gasteiger partial charge in [0.25, 0.3) is 5.91 Å². The van der Waals surface area contributed by atoms with Gasteiger partial charge in [-0.05, 0) is 24.1 Å². The van der Waals surface area contributed by atoms with Gasteiger partial charge in [-0.2, -0.15) is 0 Å². The Kier molecular flexibility index (Phi) is 5.36. The summed E-state index contributed by atoms with van der Waals surface area (Å²) in [7, 11) is 0. The standard InChI is InChI=1S/C17H19N5O5/c18-10(16(25)26)7-9-1-2-12-11(8-9)21-15(24)13(27-12)3-4-14(23)22-17-19-5-6-20-17/h1-2,5-6,8,10,13H,3-4,7,18H2,(H,21,24)(H,25,26)(H2,19,20,22,23)/t10-,13+/m0/s1. The number of rotatable bonds is 7. The lowest BCUT2D eigenvalue weighted by Crippen LogP contribution is -2.37. The van der Waals surface area contributed by atoms with Gasteiger partial charge < -0.3 is 25.9 Å². The molecule has 2 atom stereocenters. The Hall–Kier alpha value is -3.40. The number of H-pyrrole nitrogens is 1. The number of imidazole rings is 1. The molecule has 27 heavy (non-hydrogen) atoms. The van der Waals surface area contributed by atoms with Crippen molar-refractivity contribution in [3.05, 3.63) is 36.2 Å². The fourth-order valence-corrected chi connectivity index (χ4v) is 2.65. The zero-order chi connectivity index (χ0) is 19.4. The summed E-state index contributed by atoms with van der Waals surface area (Å²) in [6, 6.07) is 3.95. The number of anilines is 2. The maximum absolute atomic E-state index is 12.2. The molecule has 1 aromatic heterocycles. The van der Waals surface area contributed by atoms with E-state index in [4.69, 9.17) is 15.6 Å². The maximum Gasteiger partial charge on any atom is 0.320 e. The summed E-state index contributed by atoms with van der Waals surface area (Å²) in [5.74, 6) is -0.954. The highest BCUT2D eigenvalue weighted by molar-refractivity contribution is 5.98. The van der Waals surface area contributed by atoms with Crippen LogP contribution >= 0.6 is 0 Å². The van der Waals surface area contributed by atoms with E-state index in [1.165, 1.54) is 6.20 Å². The minimum Gasteiger partial charge on any atom is -0.480 e. The molecule has 142 valence electrons. The molecule has 2 aromatic rings. The molecule has 10 nitrogen and oxygen atoms in total. The molecule has 6 N–H and O–H groups in total. The number of amides is 2. The molecule has 10 heteroatoms. The van der Waals surface area contributed by atoms with Crippen LogP contribution in [0.5, 0.6) is 5.75 Å². The number of nitrogens with zero attached hydrogens (tertiary/aromatic N) is 1. The van der Waals surface area contributed by atoms with Crippen LogP contribution < -0.4 is 21.1 Å². The number of carboxylic acids is 1. The number of carboxylic acid groups (broad SMARTS) is 1. The second-order valence-electron chi connectivity index (χ2n) is 6.10. The Morgan fingerprint density at radius 1 is 1.41 bits per heavy atom. The number of carbonyl (C=O) groups excluding carboxylic acids is 2. The first-order valence-corrected chi connectivity index (χ1v) is 8.30. The molecule has 0 saturated carbocycles. The summed E-state index contributed by atoms with van der Waals surface area (Å²) < 4.78 is 5.67. The van der Waals surface area contributed by atoms with Crippen molar-refractivity contribution in [2.24, 2.45) is 5.73 Å². The quantitative estimate of drug-likeness (QED) is 0.472. The number of nitrogens with one attached hydrogen (secondary N) is 3. The third-order valence-corrected chi connectivity index (χ3v) is 4.03. The molecule has 0 aliphatic carbocycles. The molecule has 1 aliphatic rings. The SMILES string of the molecule is N[C@@H](Cc1ccc2c(c1)NC(=O)[C@@H](CCC(=O)Nc1ncc[nH]1)O2)C(=O)O. The molecule has 2 heterocycles. The molecular weight excluding hydrogens is 354 g/mol. The molecule has 2 amide bonds. The first kappa shape index (κ1) is 18.4. The number of carbonyl (C=O) groups is 3. The fraction of sp³-hybridized carbons (Fsp3) is 0.294. The van der Waals surface area contributed by atoms with Crippen LogP contribution in [0.25, 0.3) is 0 Å². The Morgan fingerprint density at radius 3 is 2.93 bits per heavy atom. The Labute approximate surface area is 154 Å². The molecule has 0 saturated heterocycles. The van der Waals surface area contributed by atoms with E-state index in [2.05, 4.69) is 20.6 Å². The van der Waals surface area contributed by atoms with Crippen LogP contribution in [0.1, 0.15) is 18.4 Å². The first-order chi connectivity index (χ1) is 12.9. The second-order valence-corrected chi connectivity index (χ2v) is 6.10. The summed E-state index contributed by atoms with van der Waals surface area (Å²) in [6.45, 7) is 0. The Bertz CT molecular complexity index is 851. The molecule has 0 spiro atoms. The summed E-state index contributed by atoms with van der Waals surface area (Å²) in [4.78, 5) is 41.6. The minimum atomic E-state index is -1.10. The van der Waals surface area contributed by atoms with Crippen LogP contribution in [-0.2, 0) is 20.8 Å². The lowest BCUT2D eigenvalue weighted by atomic mass is 10.0. The number of ether oxygens (including phenoxy) is 1. The summed E-state index contributed by atoms with van der Waals surface area (Å²) in [5.41, 5.74) is 6.65. The van der Waals surface area contributed by atoms with Gasteiger partial charge in [-0.3, -0.25) is 19.7 Å². The van der Waals surface area contributed by atoms with Crippen LogP contribution in [0.3, 0.4) is 0 Å². The van der Waals surface area contributed by atoms with Crippen LogP contribution in [-0.4, -0.2) is 45.0 Å². The van der Waals surface area contributed by atoms with E-state index in [9.17, 15) is 14.4 Å². The molecule has 0 bridgehead atoms.